The first-order chi connectivity index (χ1) is 8.99. The van der Waals surface area contributed by atoms with Gasteiger partial charge in [-0.25, -0.2) is 0 Å². The summed E-state index contributed by atoms with van der Waals surface area (Å²) in [6.07, 6.45) is 1.08. The number of rotatable bonds is 7. The van der Waals surface area contributed by atoms with Crippen molar-refractivity contribution in [1.29, 1.82) is 0 Å². The van der Waals surface area contributed by atoms with Crippen molar-refractivity contribution in [2.24, 2.45) is 11.7 Å². The topological polar surface area (TPSA) is 64.7 Å². The molecule has 0 aliphatic carbocycles. The van der Waals surface area contributed by atoms with E-state index in [4.69, 9.17) is 15.2 Å². The molecule has 3 N–H and O–H groups in total. The lowest BCUT2D eigenvalue weighted by Gasteiger charge is -2.22. The number of hydrogen-bond acceptors (Lipinski definition) is 4. The fourth-order valence-electron chi connectivity index (χ4n) is 1.98. The van der Waals surface area contributed by atoms with Gasteiger partial charge in [0.2, 0.25) is 0 Å². The third-order valence-electron chi connectivity index (χ3n) is 3.25. The minimum atomic E-state index is -0.565. The van der Waals surface area contributed by atoms with Gasteiger partial charge in [-0.2, -0.15) is 0 Å². The van der Waals surface area contributed by atoms with Crippen molar-refractivity contribution in [2.45, 2.75) is 38.8 Å². The zero-order chi connectivity index (χ0) is 14.4. The molecule has 2 atom stereocenters. The van der Waals surface area contributed by atoms with Gasteiger partial charge in [-0.15, -0.1) is 0 Å². The number of benzene rings is 1. The molecular weight excluding hydrogens is 242 g/mol. The van der Waals surface area contributed by atoms with Crippen LogP contribution in [-0.2, 0) is 0 Å². The predicted octanol–water partition coefficient (Wildman–Crippen LogP) is 2.50. The largest absolute Gasteiger partial charge is 0.497 e. The first-order valence-electron chi connectivity index (χ1n) is 6.65. The third-order valence-corrected chi connectivity index (χ3v) is 3.25. The molecule has 0 radical (unpaired) electrons. The van der Waals surface area contributed by atoms with Crippen LogP contribution in [0.5, 0.6) is 11.5 Å². The van der Waals surface area contributed by atoms with Crippen molar-refractivity contribution >= 4 is 0 Å². The highest BCUT2D eigenvalue weighted by Crippen LogP contribution is 2.31. The van der Waals surface area contributed by atoms with Crippen molar-refractivity contribution < 1.29 is 14.6 Å². The molecule has 0 amide bonds. The second-order valence-corrected chi connectivity index (χ2v) is 5.17. The van der Waals surface area contributed by atoms with E-state index in [1.54, 1.807) is 20.3 Å². The Hall–Kier alpha value is -1.26. The number of methoxy groups -OCH3 is 2. The van der Waals surface area contributed by atoms with Gasteiger partial charge in [-0.05, 0) is 30.9 Å². The smallest absolute Gasteiger partial charge is 0.127 e. The Morgan fingerprint density at radius 1 is 1.16 bits per heavy atom. The number of ether oxygens (including phenoxy) is 2. The molecule has 19 heavy (non-hydrogen) atoms. The molecule has 4 nitrogen and oxygen atoms in total. The lowest BCUT2D eigenvalue weighted by Crippen LogP contribution is -2.27. The molecule has 4 heteroatoms. The van der Waals surface area contributed by atoms with E-state index >= 15 is 0 Å². The first kappa shape index (κ1) is 15.8. The summed E-state index contributed by atoms with van der Waals surface area (Å²) in [5.74, 6) is 1.92. The van der Waals surface area contributed by atoms with Crippen molar-refractivity contribution in [3.05, 3.63) is 23.8 Å². The van der Waals surface area contributed by atoms with Gasteiger partial charge in [0.15, 0.2) is 0 Å². The Bertz CT molecular complexity index is 393. The SMILES string of the molecule is COc1ccc([C@@H](N)[C@@H](O)CCC(C)C)c(OC)c1. The molecule has 0 unspecified atom stereocenters. The van der Waals surface area contributed by atoms with E-state index in [0.717, 1.165) is 12.0 Å². The highest BCUT2D eigenvalue weighted by molar-refractivity contribution is 5.42. The Labute approximate surface area is 115 Å². The zero-order valence-electron chi connectivity index (χ0n) is 12.2. The summed E-state index contributed by atoms with van der Waals surface area (Å²) in [5, 5.41) is 10.2. The van der Waals surface area contributed by atoms with Gasteiger partial charge in [0.25, 0.3) is 0 Å². The van der Waals surface area contributed by atoms with Gasteiger partial charge in [0.1, 0.15) is 11.5 Å². The summed E-state index contributed by atoms with van der Waals surface area (Å²) in [6, 6.07) is 5.01. The van der Waals surface area contributed by atoms with Crippen molar-refractivity contribution in [3.8, 4) is 11.5 Å². The Morgan fingerprint density at radius 3 is 2.37 bits per heavy atom. The number of aliphatic hydroxyl groups is 1. The predicted molar refractivity (Wildman–Crippen MR) is 76.6 cm³/mol. The van der Waals surface area contributed by atoms with E-state index in [2.05, 4.69) is 13.8 Å². The van der Waals surface area contributed by atoms with Crippen molar-refractivity contribution in [1.82, 2.24) is 0 Å². The Kier molecular flexibility index (Phi) is 6.12. The lowest BCUT2D eigenvalue weighted by atomic mass is 9.95. The second kappa shape index (κ2) is 7.36. The molecule has 0 aliphatic heterocycles. The van der Waals surface area contributed by atoms with Gasteiger partial charge >= 0.3 is 0 Å². The average molecular weight is 267 g/mol. The normalized spacial score (nSPS) is 14.3. The summed E-state index contributed by atoms with van der Waals surface area (Å²) < 4.78 is 10.5. The Balaban J connectivity index is 2.83. The fraction of sp³-hybridized carbons (Fsp3) is 0.600. The minimum absolute atomic E-state index is 0.445. The van der Waals surface area contributed by atoms with E-state index in [1.165, 1.54) is 0 Å². The number of hydrogen-bond donors (Lipinski definition) is 2. The van der Waals surface area contributed by atoms with Crippen LogP contribution in [0.4, 0.5) is 0 Å². The molecule has 108 valence electrons. The maximum atomic E-state index is 10.2. The van der Waals surface area contributed by atoms with Crippen molar-refractivity contribution in [3.63, 3.8) is 0 Å². The summed E-state index contributed by atoms with van der Waals surface area (Å²) >= 11 is 0. The molecule has 0 spiro atoms. The molecular formula is C15H25NO3. The highest BCUT2D eigenvalue weighted by Gasteiger charge is 2.20. The lowest BCUT2D eigenvalue weighted by molar-refractivity contribution is 0.127. The Morgan fingerprint density at radius 2 is 1.84 bits per heavy atom. The summed E-state index contributed by atoms with van der Waals surface area (Å²) in [4.78, 5) is 0. The zero-order valence-corrected chi connectivity index (χ0v) is 12.2. The molecule has 1 aromatic carbocycles. The maximum Gasteiger partial charge on any atom is 0.127 e. The van der Waals surface area contributed by atoms with Crippen LogP contribution in [0.1, 0.15) is 38.3 Å². The molecule has 1 aromatic rings. The molecule has 1 rings (SSSR count). The van der Waals surface area contributed by atoms with Crippen molar-refractivity contribution in [2.75, 3.05) is 14.2 Å². The van der Waals surface area contributed by atoms with Gasteiger partial charge in [-0.3, -0.25) is 0 Å². The van der Waals surface area contributed by atoms with E-state index in [0.29, 0.717) is 23.8 Å². The molecule has 0 bridgehead atoms. The minimum Gasteiger partial charge on any atom is -0.497 e. The number of nitrogens with two attached hydrogens (primary N) is 1. The summed E-state index contributed by atoms with van der Waals surface area (Å²) in [7, 11) is 3.19. The van der Waals surface area contributed by atoms with Crippen LogP contribution >= 0.6 is 0 Å². The summed E-state index contributed by atoms with van der Waals surface area (Å²) in [5.41, 5.74) is 6.93. The maximum absolute atomic E-state index is 10.2. The van der Waals surface area contributed by atoms with Crippen LogP contribution in [0.2, 0.25) is 0 Å². The molecule has 0 saturated carbocycles. The highest BCUT2D eigenvalue weighted by atomic mass is 16.5. The fourth-order valence-corrected chi connectivity index (χ4v) is 1.98. The van der Waals surface area contributed by atoms with Gasteiger partial charge in [0.05, 0.1) is 26.4 Å². The monoisotopic (exact) mass is 267 g/mol. The molecule has 0 fully saturated rings. The quantitative estimate of drug-likeness (QED) is 0.796. The van der Waals surface area contributed by atoms with Crippen LogP contribution < -0.4 is 15.2 Å². The average Bonchev–Trinajstić information content (AvgIpc) is 2.42. The van der Waals surface area contributed by atoms with Gasteiger partial charge in [-0.1, -0.05) is 13.8 Å². The van der Waals surface area contributed by atoms with Gasteiger partial charge < -0.3 is 20.3 Å². The number of aliphatic hydroxyl groups excluding tert-OH is 1. The third kappa shape index (κ3) is 4.40. The van der Waals surface area contributed by atoms with Crippen LogP contribution in [0.15, 0.2) is 18.2 Å². The molecule has 0 saturated heterocycles. The molecule has 0 heterocycles. The van der Waals surface area contributed by atoms with E-state index < -0.39 is 12.1 Å². The van der Waals surface area contributed by atoms with E-state index in [1.807, 2.05) is 12.1 Å². The van der Waals surface area contributed by atoms with Crippen LogP contribution in [-0.4, -0.2) is 25.4 Å². The molecule has 0 aliphatic rings. The van der Waals surface area contributed by atoms with E-state index in [9.17, 15) is 5.11 Å². The summed E-state index contributed by atoms with van der Waals surface area (Å²) in [6.45, 7) is 4.26. The van der Waals surface area contributed by atoms with Gasteiger partial charge in [0, 0.05) is 11.6 Å². The first-order valence-corrected chi connectivity index (χ1v) is 6.65. The van der Waals surface area contributed by atoms with Crippen LogP contribution in [0.3, 0.4) is 0 Å². The van der Waals surface area contributed by atoms with Crippen LogP contribution in [0.25, 0.3) is 0 Å². The molecule has 0 aromatic heterocycles. The van der Waals surface area contributed by atoms with E-state index in [-0.39, 0.29) is 0 Å². The standard InChI is InChI=1S/C15H25NO3/c1-10(2)5-8-13(17)15(16)12-7-6-11(18-3)9-14(12)19-4/h6-7,9-10,13,15,17H,5,8,16H2,1-4H3/t13-,15+/m0/s1. The second-order valence-electron chi connectivity index (χ2n) is 5.17. The van der Waals surface area contributed by atoms with Crippen LogP contribution in [0, 0.1) is 5.92 Å².